The van der Waals surface area contributed by atoms with Crippen LogP contribution in [0.15, 0.2) is 18.3 Å². The van der Waals surface area contributed by atoms with E-state index in [-0.39, 0.29) is 0 Å². The van der Waals surface area contributed by atoms with Crippen LogP contribution in [0.3, 0.4) is 0 Å². The zero-order chi connectivity index (χ0) is 10.5. The average molecular weight is 208 g/mol. The van der Waals surface area contributed by atoms with Gasteiger partial charge in [0.2, 0.25) is 5.88 Å². The lowest BCUT2D eigenvalue weighted by Crippen LogP contribution is -2.34. The Morgan fingerprint density at radius 3 is 2.93 bits per heavy atom. The van der Waals surface area contributed by atoms with Crippen LogP contribution in [-0.2, 0) is 0 Å². The summed E-state index contributed by atoms with van der Waals surface area (Å²) >= 11 is 0. The van der Waals surface area contributed by atoms with Gasteiger partial charge < -0.3 is 14.8 Å². The molecule has 0 saturated carbocycles. The van der Waals surface area contributed by atoms with Crippen LogP contribution in [0.4, 0.5) is 0 Å². The zero-order valence-corrected chi connectivity index (χ0v) is 8.90. The van der Waals surface area contributed by atoms with Crippen molar-refractivity contribution in [1.29, 1.82) is 0 Å². The number of methoxy groups -OCH3 is 1. The number of piperidine rings is 1. The Kier molecular flexibility index (Phi) is 3.40. The molecule has 15 heavy (non-hydrogen) atoms. The van der Waals surface area contributed by atoms with E-state index in [2.05, 4.69) is 10.3 Å². The molecule has 2 rings (SSSR count). The van der Waals surface area contributed by atoms with Crippen molar-refractivity contribution in [1.82, 2.24) is 10.3 Å². The number of pyridine rings is 1. The van der Waals surface area contributed by atoms with Crippen LogP contribution in [0.5, 0.6) is 11.6 Å². The second-order valence-electron chi connectivity index (χ2n) is 3.60. The highest BCUT2D eigenvalue weighted by Gasteiger charge is 2.14. The molecule has 0 radical (unpaired) electrons. The summed E-state index contributed by atoms with van der Waals surface area (Å²) < 4.78 is 10.9. The molecule has 1 aromatic rings. The molecular weight excluding hydrogens is 192 g/mol. The summed E-state index contributed by atoms with van der Waals surface area (Å²) in [7, 11) is 1.61. The van der Waals surface area contributed by atoms with Crippen molar-refractivity contribution in [2.75, 3.05) is 20.2 Å². The Labute approximate surface area is 89.6 Å². The molecular formula is C11H16N2O2. The number of hydrogen-bond acceptors (Lipinski definition) is 4. The number of ether oxygens (including phenoxy) is 2. The van der Waals surface area contributed by atoms with Gasteiger partial charge in [0.25, 0.3) is 0 Å². The summed E-state index contributed by atoms with van der Waals surface area (Å²) in [6.07, 6.45) is 4.14. The minimum Gasteiger partial charge on any atom is -0.490 e. The van der Waals surface area contributed by atoms with Gasteiger partial charge in [-0.25, -0.2) is 4.98 Å². The Balaban J connectivity index is 1.96. The normalized spacial score (nSPS) is 17.4. The van der Waals surface area contributed by atoms with E-state index < -0.39 is 0 Å². The molecule has 0 aliphatic carbocycles. The van der Waals surface area contributed by atoms with E-state index in [9.17, 15) is 0 Å². The Hall–Kier alpha value is -1.29. The smallest absolute Gasteiger partial charge is 0.216 e. The maximum absolute atomic E-state index is 5.84. The quantitative estimate of drug-likeness (QED) is 0.811. The summed E-state index contributed by atoms with van der Waals surface area (Å²) in [6, 6.07) is 3.69. The second-order valence-corrected chi connectivity index (χ2v) is 3.60. The van der Waals surface area contributed by atoms with E-state index >= 15 is 0 Å². The number of hydrogen-bond donors (Lipinski definition) is 1. The minimum absolute atomic E-state index is 0.318. The van der Waals surface area contributed by atoms with Crippen LogP contribution in [0, 0.1) is 0 Å². The highest BCUT2D eigenvalue weighted by Crippen LogP contribution is 2.19. The lowest BCUT2D eigenvalue weighted by Gasteiger charge is -2.23. The monoisotopic (exact) mass is 208 g/mol. The van der Waals surface area contributed by atoms with Crippen LogP contribution in [-0.4, -0.2) is 31.3 Å². The predicted octanol–water partition coefficient (Wildman–Crippen LogP) is 1.22. The van der Waals surface area contributed by atoms with Gasteiger partial charge in [-0.2, -0.15) is 0 Å². The summed E-state index contributed by atoms with van der Waals surface area (Å²) in [5.41, 5.74) is 0. The molecule has 2 heterocycles. The molecule has 1 aliphatic heterocycles. The van der Waals surface area contributed by atoms with Crippen molar-refractivity contribution in [2.24, 2.45) is 0 Å². The summed E-state index contributed by atoms with van der Waals surface area (Å²) in [4.78, 5) is 4.04. The molecule has 0 aromatic carbocycles. The number of nitrogens with zero attached hydrogens (tertiary/aromatic N) is 1. The fraction of sp³-hybridized carbons (Fsp3) is 0.545. The molecule has 1 aliphatic rings. The summed E-state index contributed by atoms with van der Waals surface area (Å²) in [5, 5.41) is 3.31. The lowest BCUT2D eigenvalue weighted by molar-refractivity contribution is 0.161. The van der Waals surface area contributed by atoms with Gasteiger partial charge in [0.1, 0.15) is 11.9 Å². The van der Waals surface area contributed by atoms with Crippen molar-refractivity contribution >= 4 is 0 Å². The maximum atomic E-state index is 5.84. The fourth-order valence-electron chi connectivity index (χ4n) is 1.68. The Morgan fingerprint density at radius 2 is 2.20 bits per heavy atom. The zero-order valence-electron chi connectivity index (χ0n) is 8.90. The third-order valence-corrected chi connectivity index (χ3v) is 2.50. The van der Waals surface area contributed by atoms with E-state index in [4.69, 9.17) is 9.47 Å². The van der Waals surface area contributed by atoms with E-state index in [1.165, 1.54) is 0 Å². The van der Waals surface area contributed by atoms with Gasteiger partial charge in [0.15, 0.2) is 0 Å². The summed E-state index contributed by atoms with van der Waals surface area (Å²) in [6.45, 7) is 2.07. The number of rotatable bonds is 3. The molecule has 82 valence electrons. The topological polar surface area (TPSA) is 43.4 Å². The SMILES string of the molecule is COc1cc(OC2CCNCC2)ccn1. The molecule has 1 aromatic heterocycles. The molecule has 1 fully saturated rings. The third kappa shape index (κ3) is 2.83. The van der Waals surface area contributed by atoms with Crippen LogP contribution in [0.25, 0.3) is 0 Å². The predicted molar refractivity (Wildman–Crippen MR) is 57.3 cm³/mol. The first kappa shape index (κ1) is 10.2. The van der Waals surface area contributed by atoms with Gasteiger partial charge in [-0.3, -0.25) is 0 Å². The van der Waals surface area contributed by atoms with Crippen LogP contribution >= 0.6 is 0 Å². The highest BCUT2D eigenvalue weighted by molar-refractivity contribution is 5.26. The largest absolute Gasteiger partial charge is 0.490 e. The van der Waals surface area contributed by atoms with Gasteiger partial charge in [-0.05, 0) is 32.0 Å². The summed E-state index contributed by atoms with van der Waals surface area (Å²) in [5.74, 6) is 1.44. The number of aromatic nitrogens is 1. The van der Waals surface area contributed by atoms with Gasteiger partial charge >= 0.3 is 0 Å². The maximum Gasteiger partial charge on any atom is 0.216 e. The van der Waals surface area contributed by atoms with Gasteiger partial charge in [-0.15, -0.1) is 0 Å². The standard InChI is InChI=1S/C11H16N2O2/c1-14-11-8-10(4-7-13-11)15-9-2-5-12-6-3-9/h4,7-9,12H,2-3,5-6H2,1H3. The first-order valence-electron chi connectivity index (χ1n) is 5.26. The van der Waals surface area contributed by atoms with Crippen LogP contribution in [0.2, 0.25) is 0 Å². The lowest BCUT2D eigenvalue weighted by atomic mass is 10.1. The van der Waals surface area contributed by atoms with Gasteiger partial charge in [0.05, 0.1) is 7.11 Å². The van der Waals surface area contributed by atoms with Crippen molar-refractivity contribution in [2.45, 2.75) is 18.9 Å². The molecule has 0 amide bonds. The first-order chi connectivity index (χ1) is 7.38. The van der Waals surface area contributed by atoms with E-state index in [0.717, 1.165) is 31.7 Å². The van der Waals surface area contributed by atoms with Gasteiger partial charge in [-0.1, -0.05) is 0 Å². The fourth-order valence-corrected chi connectivity index (χ4v) is 1.68. The molecule has 0 spiro atoms. The molecule has 1 N–H and O–H groups in total. The van der Waals surface area contributed by atoms with E-state index in [1.54, 1.807) is 13.3 Å². The molecule has 1 saturated heterocycles. The molecule has 0 bridgehead atoms. The minimum atomic E-state index is 0.318. The highest BCUT2D eigenvalue weighted by atomic mass is 16.5. The van der Waals surface area contributed by atoms with Crippen LogP contribution in [0.1, 0.15) is 12.8 Å². The molecule has 4 nitrogen and oxygen atoms in total. The van der Waals surface area contributed by atoms with E-state index in [0.29, 0.717) is 12.0 Å². The molecule has 0 unspecified atom stereocenters. The van der Waals surface area contributed by atoms with Crippen molar-refractivity contribution < 1.29 is 9.47 Å². The van der Waals surface area contributed by atoms with E-state index in [1.807, 2.05) is 12.1 Å². The third-order valence-electron chi connectivity index (χ3n) is 2.50. The Bertz CT molecular complexity index is 311. The number of nitrogens with one attached hydrogen (secondary N) is 1. The van der Waals surface area contributed by atoms with Gasteiger partial charge in [0, 0.05) is 12.3 Å². The van der Waals surface area contributed by atoms with Crippen molar-refractivity contribution in [3.63, 3.8) is 0 Å². The average Bonchev–Trinajstić information content (AvgIpc) is 2.31. The molecule has 4 heteroatoms. The molecule has 0 atom stereocenters. The second kappa shape index (κ2) is 4.98. The first-order valence-corrected chi connectivity index (χ1v) is 5.26. The van der Waals surface area contributed by atoms with Crippen LogP contribution < -0.4 is 14.8 Å². The van der Waals surface area contributed by atoms with Crippen molar-refractivity contribution in [3.05, 3.63) is 18.3 Å². The van der Waals surface area contributed by atoms with Crippen molar-refractivity contribution in [3.8, 4) is 11.6 Å². The Morgan fingerprint density at radius 1 is 1.40 bits per heavy atom.